The number of quaternary nitrogens is 1. The van der Waals surface area contributed by atoms with Crippen molar-refractivity contribution in [2.45, 2.75) is 56.8 Å². The zero-order valence-corrected chi connectivity index (χ0v) is 18.7. The van der Waals surface area contributed by atoms with Crippen molar-refractivity contribution < 1.29 is 71.0 Å². The maximum absolute atomic E-state index is 13.1. The first-order valence-electron chi connectivity index (χ1n) is 9.57. The van der Waals surface area contributed by atoms with E-state index in [0.29, 0.717) is 0 Å². The number of nitrogens with zero attached hydrogens (tertiary/aromatic N) is 1. The van der Waals surface area contributed by atoms with Gasteiger partial charge in [0.2, 0.25) is 10.0 Å². The van der Waals surface area contributed by atoms with Crippen LogP contribution in [-0.2, 0) is 10.0 Å². The van der Waals surface area contributed by atoms with Crippen molar-refractivity contribution >= 4 is 10.0 Å². The third kappa shape index (κ3) is 9.56. The van der Waals surface area contributed by atoms with Crippen LogP contribution in [0.3, 0.4) is 0 Å². The molecule has 1 atom stereocenters. The van der Waals surface area contributed by atoms with E-state index in [1.807, 2.05) is 4.72 Å². The predicted octanol–water partition coefficient (Wildman–Crippen LogP) is 5.17. The molecule has 0 rings (SSSR count). The van der Waals surface area contributed by atoms with E-state index in [1.165, 1.54) is 14.1 Å². The molecule has 0 saturated heterocycles. The number of hydrogen-bond acceptors (Lipinski definition) is 3. The van der Waals surface area contributed by atoms with Crippen molar-refractivity contribution in [3.8, 4) is 0 Å². The molecular weight excluding hydrogens is 528 g/mol. The van der Waals surface area contributed by atoms with E-state index in [4.69, 9.17) is 0 Å². The quantitative estimate of drug-likeness (QED) is 0.152. The fourth-order valence-corrected chi connectivity index (χ4v) is 4.21. The van der Waals surface area contributed by atoms with E-state index in [-0.39, 0.29) is 19.5 Å². The number of sulfonamides is 1. The van der Waals surface area contributed by atoms with Gasteiger partial charge in [-0.1, -0.05) is 6.42 Å². The van der Waals surface area contributed by atoms with Gasteiger partial charge in [-0.2, -0.15) is 57.3 Å². The summed E-state index contributed by atoms with van der Waals surface area (Å²) in [6.07, 6.45) is -33.6. The molecule has 5 nitrogen and oxygen atoms in total. The van der Waals surface area contributed by atoms with Crippen molar-refractivity contribution in [1.29, 1.82) is 0 Å². The highest BCUT2D eigenvalue weighted by Crippen LogP contribution is 2.63. The molecule has 0 saturated carbocycles. The van der Waals surface area contributed by atoms with Crippen molar-refractivity contribution in [3.05, 3.63) is 0 Å². The van der Waals surface area contributed by atoms with Gasteiger partial charge in [0.05, 0.1) is 25.8 Å². The van der Waals surface area contributed by atoms with Crippen LogP contribution in [0, 0.1) is 11.3 Å². The van der Waals surface area contributed by atoms with Crippen LogP contribution in [0.15, 0.2) is 0 Å². The summed E-state index contributed by atoms with van der Waals surface area (Å²) >= 11 is 0. The molecule has 2 N–H and O–H groups in total. The summed E-state index contributed by atoms with van der Waals surface area (Å²) in [5.41, 5.74) is -6.61. The Bertz CT molecular complexity index is 701. The molecule has 0 aromatic heterocycles. The van der Waals surface area contributed by atoms with Crippen molar-refractivity contribution in [1.82, 2.24) is 4.72 Å². The number of halogens is 12. The lowest BCUT2D eigenvalue weighted by atomic mass is 9.75. The number of hydrogen-bond donors (Lipinski definition) is 2. The Morgan fingerprint density at radius 2 is 1.24 bits per heavy atom. The van der Waals surface area contributed by atoms with Gasteiger partial charge in [0.1, 0.15) is 6.54 Å². The second-order valence-corrected chi connectivity index (χ2v) is 10.2. The van der Waals surface area contributed by atoms with Gasteiger partial charge in [0, 0.05) is 13.0 Å². The second kappa shape index (κ2) is 10.9. The molecule has 0 aliphatic carbocycles. The Morgan fingerprint density at radius 1 is 0.794 bits per heavy atom. The molecule has 1 unspecified atom stereocenters. The van der Waals surface area contributed by atoms with Gasteiger partial charge in [0.25, 0.3) is 5.41 Å². The minimum Gasteiger partial charge on any atom is -0.217 e. The average Bonchev–Trinajstić information content (AvgIpc) is 2.52. The van der Waals surface area contributed by atoms with Crippen LogP contribution in [0.5, 0.6) is 0 Å². The maximum Gasteiger partial charge on any atom is 0.412 e. The number of alkyl halides is 12. The van der Waals surface area contributed by atoms with Crippen LogP contribution in [0.1, 0.15) is 32.1 Å². The topological polar surface area (TPSA) is 66.4 Å². The molecule has 0 aliphatic heterocycles. The number of nitrogens with one attached hydrogen (secondary N) is 1. The first-order chi connectivity index (χ1) is 14.8. The predicted molar refractivity (Wildman–Crippen MR) is 93.8 cm³/mol. The largest absolute Gasteiger partial charge is 0.412 e. The minimum absolute atomic E-state index is 0.120. The first-order valence-corrected chi connectivity index (χ1v) is 11.2. The lowest BCUT2D eigenvalue weighted by Crippen LogP contribution is -2.61. The van der Waals surface area contributed by atoms with E-state index in [0.717, 1.165) is 0 Å². The zero-order chi connectivity index (χ0) is 27.4. The highest BCUT2D eigenvalue weighted by Gasteiger charge is 2.84. The minimum atomic E-state index is -7.12. The molecule has 0 aliphatic rings. The summed E-state index contributed by atoms with van der Waals surface area (Å²) in [6, 6.07) is 0. The number of hydroxylamine groups is 3. The van der Waals surface area contributed by atoms with Crippen LogP contribution in [0.4, 0.5) is 52.7 Å². The summed E-state index contributed by atoms with van der Waals surface area (Å²) in [7, 11) is -1.33. The van der Waals surface area contributed by atoms with Gasteiger partial charge in [0.15, 0.2) is 0 Å². The van der Waals surface area contributed by atoms with Crippen LogP contribution in [0.25, 0.3) is 0 Å². The normalized spacial score (nSPS) is 16.1. The monoisotopic (exact) mass is 553 g/mol. The molecule has 18 heteroatoms. The van der Waals surface area contributed by atoms with E-state index >= 15 is 0 Å². The fraction of sp³-hybridized carbons (Fsp3) is 1.00. The molecule has 206 valence electrons. The average molecular weight is 553 g/mol. The number of unbranched alkanes of at least 4 members (excludes halogenated alkanes) is 1. The highest BCUT2D eigenvalue weighted by atomic mass is 32.2. The van der Waals surface area contributed by atoms with E-state index in [9.17, 15) is 66.3 Å². The van der Waals surface area contributed by atoms with Gasteiger partial charge < -0.3 is 0 Å². The Morgan fingerprint density at radius 3 is 1.59 bits per heavy atom. The van der Waals surface area contributed by atoms with E-state index < -0.39 is 82.1 Å². The number of rotatable bonds is 12. The van der Waals surface area contributed by atoms with Gasteiger partial charge in [-0.05, 0) is 19.3 Å². The molecule has 0 amide bonds. The zero-order valence-electron chi connectivity index (χ0n) is 17.9. The van der Waals surface area contributed by atoms with Crippen LogP contribution >= 0.6 is 0 Å². The third-order valence-corrected chi connectivity index (χ3v) is 6.36. The molecule has 0 radical (unpaired) electrons. The summed E-state index contributed by atoms with van der Waals surface area (Å²) < 4.78 is 181. The molecule has 0 aromatic carbocycles. The molecule has 0 aromatic rings. The van der Waals surface area contributed by atoms with E-state index in [1.54, 1.807) is 0 Å². The van der Waals surface area contributed by atoms with Crippen molar-refractivity contribution in [3.63, 3.8) is 0 Å². The maximum atomic E-state index is 13.1. The van der Waals surface area contributed by atoms with Crippen molar-refractivity contribution in [2.24, 2.45) is 11.3 Å². The van der Waals surface area contributed by atoms with Crippen LogP contribution in [0.2, 0.25) is 0 Å². The Hall–Kier alpha value is -1.01. The summed E-state index contributed by atoms with van der Waals surface area (Å²) in [5, 5.41) is 9.43. The molecule has 0 heterocycles. The molecule has 0 fully saturated rings. The first kappa shape index (κ1) is 33.0. The molecule has 34 heavy (non-hydrogen) atoms. The van der Waals surface area contributed by atoms with Gasteiger partial charge >= 0.3 is 24.7 Å². The highest BCUT2D eigenvalue weighted by molar-refractivity contribution is 7.89. The van der Waals surface area contributed by atoms with E-state index in [2.05, 4.69) is 0 Å². The molecule has 0 bridgehead atoms. The standard InChI is InChI=1S/C16H25F12N2O3S/c1-30(2,31)8-5-7-29-34(32,33)9-4-3-6-11(13(17,18)19)10-12(14(20,21)22,15(23,24)25)16(26,27)28/h11,29,31H,3-10H2,1-2H3/q+1. The Kier molecular flexibility index (Phi) is 10.6. The lowest BCUT2D eigenvalue weighted by molar-refractivity contribution is -1.07. The lowest BCUT2D eigenvalue weighted by Gasteiger charge is -2.40. The fourth-order valence-electron chi connectivity index (χ4n) is 3.03. The molecular formula is C16H25F12N2O3S+. The van der Waals surface area contributed by atoms with Gasteiger partial charge in [-0.15, -0.1) is 0 Å². The Labute approximate surface area is 187 Å². The SMILES string of the molecule is C[N+](C)(O)CCCNS(=O)(=O)CCCCC(CC(C(F)(F)F)(C(F)(F)F)C(F)(F)F)C(F)(F)F. The van der Waals surface area contributed by atoms with Crippen LogP contribution in [-0.4, -0.2) is 75.9 Å². The van der Waals surface area contributed by atoms with Gasteiger partial charge in [-0.25, -0.2) is 18.3 Å². The second-order valence-electron chi connectivity index (χ2n) is 8.25. The summed E-state index contributed by atoms with van der Waals surface area (Å²) in [4.78, 5) is 0. The Balaban J connectivity index is 5.38. The summed E-state index contributed by atoms with van der Waals surface area (Å²) in [6.45, 7) is -0.0594. The molecule has 0 spiro atoms. The van der Waals surface area contributed by atoms with Crippen LogP contribution < -0.4 is 4.72 Å². The smallest absolute Gasteiger partial charge is 0.217 e. The summed E-state index contributed by atoms with van der Waals surface area (Å²) in [5.74, 6) is -4.52. The van der Waals surface area contributed by atoms with Gasteiger partial charge in [-0.3, -0.25) is 0 Å². The van der Waals surface area contributed by atoms with Crippen molar-refractivity contribution in [2.75, 3.05) is 32.9 Å². The third-order valence-electron chi connectivity index (χ3n) is 4.89.